The minimum atomic E-state index is 0.715. The quantitative estimate of drug-likeness (QED) is 0.414. The fraction of sp³-hybridized carbons (Fsp3) is 0.130. The summed E-state index contributed by atoms with van der Waals surface area (Å²) in [5, 5.41) is 11.4. The molecule has 0 aliphatic carbocycles. The molecular formula is C23H22N6. The molecule has 0 fully saturated rings. The summed E-state index contributed by atoms with van der Waals surface area (Å²) >= 11 is 0. The second-order valence-corrected chi connectivity index (χ2v) is 7.12. The Morgan fingerprint density at radius 3 is 2.69 bits per heavy atom. The van der Waals surface area contributed by atoms with Gasteiger partial charge in [0.05, 0.1) is 28.8 Å². The molecule has 5 rings (SSSR count). The maximum absolute atomic E-state index is 4.87. The summed E-state index contributed by atoms with van der Waals surface area (Å²) in [4.78, 5) is 8.00. The SMILES string of the molecule is CNCc1nc2ccc(-c3cccc4c(C)c(Nc5ccccc5)nn34)cc2[nH]1. The van der Waals surface area contributed by atoms with Crippen LogP contribution < -0.4 is 10.6 Å². The molecule has 29 heavy (non-hydrogen) atoms. The van der Waals surface area contributed by atoms with Gasteiger partial charge < -0.3 is 15.6 Å². The highest BCUT2D eigenvalue weighted by Gasteiger charge is 2.13. The Balaban J connectivity index is 1.60. The zero-order valence-electron chi connectivity index (χ0n) is 16.4. The number of nitrogens with one attached hydrogen (secondary N) is 3. The fourth-order valence-corrected chi connectivity index (χ4v) is 3.66. The Hall–Kier alpha value is -3.64. The van der Waals surface area contributed by atoms with Crippen molar-refractivity contribution in [3.05, 3.63) is 78.1 Å². The second-order valence-electron chi connectivity index (χ2n) is 7.12. The predicted octanol–water partition coefficient (Wildman–Crippen LogP) is 4.65. The van der Waals surface area contributed by atoms with Gasteiger partial charge in [-0.25, -0.2) is 9.50 Å². The highest BCUT2D eigenvalue weighted by Crippen LogP contribution is 2.29. The maximum atomic E-state index is 4.87. The first-order chi connectivity index (χ1) is 14.2. The van der Waals surface area contributed by atoms with Crippen molar-refractivity contribution in [3.63, 3.8) is 0 Å². The number of imidazole rings is 1. The summed E-state index contributed by atoms with van der Waals surface area (Å²) < 4.78 is 2.01. The topological polar surface area (TPSA) is 70.0 Å². The average Bonchev–Trinajstić information content (AvgIpc) is 3.29. The van der Waals surface area contributed by atoms with Crippen molar-refractivity contribution in [1.82, 2.24) is 24.9 Å². The van der Waals surface area contributed by atoms with E-state index in [4.69, 9.17) is 5.10 Å². The number of para-hydroxylation sites is 1. The first-order valence-electron chi connectivity index (χ1n) is 9.67. The summed E-state index contributed by atoms with van der Waals surface area (Å²) in [5.74, 6) is 1.80. The molecule has 0 saturated carbocycles. The third-order valence-corrected chi connectivity index (χ3v) is 5.11. The molecule has 144 valence electrons. The molecule has 6 nitrogen and oxygen atoms in total. The van der Waals surface area contributed by atoms with Gasteiger partial charge in [-0.1, -0.05) is 30.3 Å². The third kappa shape index (κ3) is 3.13. The Kier molecular flexibility index (Phi) is 4.26. The number of nitrogens with zero attached hydrogens (tertiary/aromatic N) is 3. The summed E-state index contributed by atoms with van der Waals surface area (Å²) in [6.07, 6.45) is 0. The molecule has 6 heteroatoms. The number of pyridine rings is 1. The number of aromatic nitrogens is 4. The molecule has 0 amide bonds. The number of rotatable bonds is 5. The van der Waals surface area contributed by atoms with Crippen molar-refractivity contribution >= 4 is 28.1 Å². The van der Waals surface area contributed by atoms with Crippen LogP contribution >= 0.6 is 0 Å². The molecule has 0 saturated heterocycles. The number of aryl methyl sites for hydroxylation is 1. The molecule has 0 bridgehead atoms. The van der Waals surface area contributed by atoms with E-state index in [-0.39, 0.29) is 0 Å². The van der Waals surface area contributed by atoms with Crippen molar-refractivity contribution in [2.45, 2.75) is 13.5 Å². The fourth-order valence-electron chi connectivity index (χ4n) is 3.66. The van der Waals surface area contributed by atoms with Crippen molar-refractivity contribution < 1.29 is 0 Å². The molecule has 3 heterocycles. The molecule has 0 unspecified atom stereocenters. The van der Waals surface area contributed by atoms with E-state index in [2.05, 4.69) is 63.9 Å². The lowest BCUT2D eigenvalue weighted by Gasteiger charge is -2.05. The molecule has 3 aromatic heterocycles. The molecule has 2 aromatic carbocycles. The Morgan fingerprint density at radius 2 is 1.86 bits per heavy atom. The number of anilines is 2. The third-order valence-electron chi connectivity index (χ3n) is 5.11. The van der Waals surface area contributed by atoms with Gasteiger partial charge >= 0.3 is 0 Å². The number of fused-ring (bicyclic) bond motifs is 2. The van der Waals surface area contributed by atoms with E-state index >= 15 is 0 Å². The van der Waals surface area contributed by atoms with Crippen LogP contribution in [0.4, 0.5) is 11.5 Å². The molecule has 0 aliphatic heterocycles. The van der Waals surface area contributed by atoms with Gasteiger partial charge in [0, 0.05) is 16.8 Å². The minimum absolute atomic E-state index is 0.715. The van der Waals surface area contributed by atoms with E-state index in [0.717, 1.165) is 50.7 Å². The number of H-pyrrole nitrogens is 1. The normalized spacial score (nSPS) is 11.4. The van der Waals surface area contributed by atoms with E-state index in [9.17, 15) is 0 Å². The smallest absolute Gasteiger partial charge is 0.156 e. The number of hydrogen-bond donors (Lipinski definition) is 3. The largest absolute Gasteiger partial charge is 0.341 e. The summed E-state index contributed by atoms with van der Waals surface area (Å²) in [7, 11) is 1.92. The molecule has 0 spiro atoms. The van der Waals surface area contributed by atoms with Gasteiger partial charge in [0.2, 0.25) is 0 Å². The van der Waals surface area contributed by atoms with Crippen LogP contribution in [0.3, 0.4) is 0 Å². The Bertz CT molecular complexity index is 1300. The van der Waals surface area contributed by atoms with Gasteiger partial charge in [-0.05, 0) is 50.4 Å². The van der Waals surface area contributed by atoms with Crippen molar-refractivity contribution in [2.24, 2.45) is 0 Å². The minimum Gasteiger partial charge on any atom is -0.341 e. The number of aromatic amines is 1. The van der Waals surface area contributed by atoms with Crippen LogP contribution in [0.25, 0.3) is 27.8 Å². The first-order valence-corrected chi connectivity index (χ1v) is 9.67. The van der Waals surface area contributed by atoms with Crippen LogP contribution in [0.5, 0.6) is 0 Å². The van der Waals surface area contributed by atoms with Crippen LogP contribution in [0.1, 0.15) is 11.4 Å². The second kappa shape index (κ2) is 7.07. The molecule has 0 atom stereocenters. The van der Waals surface area contributed by atoms with E-state index in [1.165, 1.54) is 0 Å². The van der Waals surface area contributed by atoms with Crippen LogP contribution in [-0.2, 0) is 6.54 Å². The average molecular weight is 382 g/mol. The summed E-state index contributed by atoms with van der Waals surface area (Å²) in [6.45, 7) is 2.81. The van der Waals surface area contributed by atoms with Crippen molar-refractivity contribution in [2.75, 3.05) is 12.4 Å². The summed E-state index contributed by atoms with van der Waals surface area (Å²) in [6, 6.07) is 22.7. The van der Waals surface area contributed by atoms with E-state index < -0.39 is 0 Å². The van der Waals surface area contributed by atoms with Gasteiger partial charge in [0.15, 0.2) is 5.82 Å². The lowest BCUT2D eigenvalue weighted by molar-refractivity contribution is 0.775. The van der Waals surface area contributed by atoms with E-state index in [1.54, 1.807) is 0 Å². The molecule has 5 aromatic rings. The van der Waals surface area contributed by atoms with Crippen LogP contribution in [0.15, 0.2) is 66.7 Å². The van der Waals surface area contributed by atoms with E-state index in [0.29, 0.717) is 6.54 Å². The van der Waals surface area contributed by atoms with Crippen LogP contribution in [0, 0.1) is 6.92 Å². The van der Waals surface area contributed by atoms with Crippen LogP contribution in [-0.4, -0.2) is 26.6 Å². The molecule has 3 N–H and O–H groups in total. The van der Waals surface area contributed by atoms with Crippen molar-refractivity contribution in [1.29, 1.82) is 0 Å². The lowest BCUT2D eigenvalue weighted by Crippen LogP contribution is -2.06. The Labute approximate surface area is 168 Å². The first kappa shape index (κ1) is 17.5. The van der Waals surface area contributed by atoms with Gasteiger partial charge in [-0.3, -0.25) is 0 Å². The molecule has 0 aliphatic rings. The standard InChI is InChI=1S/C23H22N6/c1-15-20-9-6-10-21(29(20)28-23(15)25-17-7-4-3-5-8-17)16-11-12-18-19(13-16)27-22(26-18)14-24-2/h3-13,24H,14H2,1-2H3,(H,25,28)(H,26,27). The monoisotopic (exact) mass is 382 g/mol. The van der Waals surface area contributed by atoms with Crippen molar-refractivity contribution in [3.8, 4) is 11.3 Å². The van der Waals surface area contributed by atoms with Gasteiger partial charge in [-0.2, -0.15) is 0 Å². The lowest BCUT2D eigenvalue weighted by atomic mass is 10.1. The van der Waals surface area contributed by atoms with E-state index in [1.807, 2.05) is 41.9 Å². The molecular weight excluding hydrogens is 360 g/mol. The number of benzene rings is 2. The molecule has 0 radical (unpaired) electrons. The number of hydrogen-bond acceptors (Lipinski definition) is 4. The zero-order valence-corrected chi connectivity index (χ0v) is 16.4. The summed E-state index contributed by atoms with van der Waals surface area (Å²) in [5.41, 5.74) is 7.35. The highest BCUT2D eigenvalue weighted by atomic mass is 15.3. The zero-order chi connectivity index (χ0) is 19.8. The maximum Gasteiger partial charge on any atom is 0.156 e. The van der Waals surface area contributed by atoms with Gasteiger partial charge in [0.25, 0.3) is 0 Å². The predicted molar refractivity (Wildman–Crippen MR) is 118 cm³/mol. The van der Waals surface area contributed by atoms with Crippen LogP contribution in [0.2, 0.25) is 0 Å². The highest BCUT2D eigenvalue weighted by molar-refractivity contribution is 5.82. The van der Waals surface area contributed by atoms with Gasteiger partial charge in [0.1, 0.15) is 5.82 Å². The van der Waals surface area contributed by atoms with Gasteiger partial charge in [-0.15, -0.1) is 5.10 Å². The Morgan fingerprint density at radius 1 is 1.00 bits per heavy atom.